The molecule has 0 bridgehead atoms. The van der Waals surface area contributed by atoms with Gasteiger partial charge in [-0.1, -0.05) is 38.0 Å². The minimum atomic E-state index is -4.32. The van der Waals surface area contributed by atoms with E-state index in [1.54, 1.807) is 12.1 Å². The molecule has 0 fully saturated rings. The van der Waals surface area contributed by atoms with E-state index in [4.69, 9.17) is 29.4 Å². The zero-order valence-electron chi connectivity index (χ0n) is 32.8. The van der Waals surface area contributed by atoms with Crippen LogP contribution in [0.5, 0.6) is 23.0 Å². The van der Waals surface area contributed by atoms with Gasteiger partial charge in [0.25, 0.3) is 15.9 Å². The van der Waals surface area contributed by atoms with Crippen LogP contribution in [-0.4, -0.2) is 66.0 Å². The Bertz CT molecular complexity index is 2410. The van der Waals surface area contributed by atoms with Crippen LogP contribution in [0.4, 0.5) is 22.7 Å². The fraction of sp³-hybridized carbons (Fsp3) is 0.186. The largest absolute Gasteiger partial charge is 0.491 e. The van der Waals surface area contributed by atoms with Crippen molar-refractivity contribution in [3.05, 3.63) is 127 Å². The van der Waals surface area contributed by atoms with Gasteiger partial charge in [0.1, 0.15) is 25.4 Å². The van der Waals surface area contributed by atoms with Gasteiger partial charge in [-0.25, -0.2) is 13.2 Å². The monoisotopic (exact) mass is 837 g/mol. The van der Waals surface area contributed by atoms with Gasteiger partial charge in [-0.3, -0.25) is 19.1 Å². The first kappa shape index (κ1) is 45.1. The number of methoxy groups -OCH3 is 2. The molecule has 0 aliphatic rings. The van der Waals surface area contributed by atoms with Gasteiger partial charge in [-0.15, -0.1) is 0 Å². The number of Topliss-reactive ketones (excluding diaryl/α,β-unsaturated/α-hetero) is 1. The molecule has 5 N–H and O–H groups in total. The van der Waals surface area contributed by atoms with Crippen LogP contribution in [0.15, 0.2) is 116 Å². The number of benzene rings is 4. The standard InChI is InChI=1S/C43H43N5O11S/c1-6-23-57-37-32(42(51)47-34-19-18-33(43(52)59-25-8-3)38(39(34)55-4)58-24-7-2)17-20-35(40(37)56-5)48-60(53,54)31-15-13-30(14-16-31)46-41(50)28(21-22-44)26-36(49)27-9-11-29(45)12-10-27/h6-20,28,48H,1-3,21,23-26,45H2,4-5H3,(H,46,50)(H,47,51)/t28-/m1/s1. The molecule has 17 heteroatoms. The number of rotatable bonds is 22. The van der Waals surface area contributed by atoms with Crippen molar-refractivity contribution in [2.45, 2.75) is 17.7 Å². The molecule has 0 aromatic heterocycles. The Labute approximate surface area is 347 Å². The smallest absolute Gasteiger partial charge is 0.342 e. The zero-order chi connectivity index (χ0) is 43.8. The van der Waals surface area contributed by atoms with E-state index in [1.165, 1.54) is 93.1 Å². The van der Waals surface area contributed by atoms with Crippen molar-refractivity contribution >= 4 is 56.3 Å². The number of hydrogen-bond acceptors (Lipinski definition) is 13. The molecule has 0 saturated carbocycles. The van der Waals surface area contributed by atoms with Crippen molar-refractivity contribution in [2.75, 3.05) is 55.1 Å². The van der Waals surface area contributed by atoms with E-state index in [0.29, 0.717) is 11.3 Å². The SMILES string of the molecule is C=CCOC(=O)c1ccc(NC(=O)c2ccc(NS(=O)(=O)c3ccc(NC(=O)[C@H](CC#N)CC(=O)c4ccc(N)cc4)cc3)c(OC)c2OCC=C)c(OC)c1OCC=C. The second-order valence-electron chi connectivity index (χ2n) is 12.5. The maximum atomic E-state index is 13.9. The van der Waals surface area contributed by atoms with E-state index in [2.05, 4.69) is 35.1 Å². The number of amides is 2. The summed E-state index contributed by atoms with van der Waals surface area (Å²) in [7, 11) is -1.75. The maximum Gasteiger partial charge on any atom is 0.342 e. The lowest BCUT2D eigenvalue weighted by Gasteiger charge is -2.20. The summed E-state index contributed by atoms with van der Waals surface area (Å²) in [5.74, 6) is -3.68. The highest BCUT2D eigenvalue weighted by Crippen LogP contribution is 2.42. The lowest BCUT2D eigenvalue weighted by atomic mass is 9.95. The van der Waals surface area contributed by atoms with Crippen molar-refractivity contribution in [1.29, 1.82) is 5.26 Å². The lowest BCUT2D eigenvalue weighted by molar-refractivity contribution is -0.119. The number of anilines is 4. The molecule has 16 nitrogen and oxygen atoms in total. The quantitative estimate of drug-likeness (QED) is 0.0285. The van der Waals surface area contributed by atoms with Gasteiger partial charge in [0, 0.05) is 29.8 Å². The third kappa shape index (κ3) is 11.3. The number of nitrogens with zero attached hydrogens (tertiary/aromatic N) is 1. The molecule has 60 heavy (non-hydrogen) atoms. The van der Waals surface area contributed by atoms with Crippen LogP contribution in [0.3, 0.4) is 0 Å². The second kappa shape index (κ2) is 21.3. The summed E-state index contributed by atoms with van der Waals surface area (Å²) >= 11 is 0. The summed E-state index contributed by atoms with van der Waals surface area (Å²) in [6, 6.07) is 18.7. The molecule has 0 aliphatic heterocycles. The minimum absolute atomic E-state index is 0.000179. The van der Waals surface area contributed by atoms with Crippen molar-refractivity contribution in [1.82, 2.24) is 0 Å². The van der Waals surface area contributed by atoms with Gasteiger partial charge < -0.3 is 40.1 Å². The van der Waals surface area contributed by atoms with E-state index in [-0.39, 0.29) is 94.5 Å². The van der Waals surface area contributed by atoms with Crippen LogP contribution in [0.2, 0.25) is 0 Å². The molecule has 0 radical (unpaired) electrons. The first-order chi connectivity index (χ1) is 28.8. The number of sulfonamides is 1. The van der Waals surface area contributed by atoms with Crippen LogP contribution in [0.1, 0.15) is 43.9 Å². The number of nitriles is 1. The number of nitrogen functional groups attached to an aromatic ring is 1. The predicted octanol–water partition coefficient (Wildman–Crippen LogP) is 6.55. The highest BCUT2D eigenvalue weighted by molar-refractivity contribution is 7.92. The van der Waals surface area contributed by atoms with E-state index in [0.717, 1.165) is 0 Å². The summed E-state index contributed by atoms with van der Waals surface area (Å²) in [5.41, 5.74) is 6.67. The van der Waals surface area contributed by atoms with Crippen molar-refractivity contribution in [2.24, 2.45) is 5.92 Å². The van der Waals surface area contributed by atoms with Crippen molar-refractivity contribution < 1.29 is 51.3 Å². The molecule has 0 unspecified atom stereocenters. The Morgan fingerprint density at radius 1 is 0.750 bits per heavy atom. The summed E-state index contributed by atoms with van der Waals surface area (Å²) < 4.78 is 57.6. The molecular formula is C43H43N5O11S. The number of ether oxygens (including phenoxy) is 5. The van der Waals surface area contributed by atoms with Gasteiger partial charge in [0.2, 0.25) is 5.91 Å². The van der Waals surface area contributed by atoms with Gasteiger partial charge >= 0.3 is 5.97 Å². The Kier molecular flexibility index (Phi) is 16.0. The number of nitrogens with two attached hydrogens (primary N) is 1. The molecule has 4 rings (SSSR count). The number of carbonyl (C=O) groups is 4. The zero-order valence-corrected chi connectivity index (χ0v) is 33.6. The normalized spacial score (nSPS) is 11.1. The minimum Gasteiger partial charge on any atom is -0.491 e. The van der Waals surface area contributed by atoms with E-state index in [1.807, 2.05) is 6.07 Å². The van der Waals surface area contributed by atoms with E-state index in [9.17, 15) is 32.9 Å². The highest BCUT2D eigenvalue weighted by atomic mass is 32.2. The Hall–Kier alpha value is -7.58. The van der Waals surface area contributed by atoms with Crippen LogP contribution < -0.4 is 40.0 Å². The van der Waals surface area contributed by atoms with E-state index < -0.39 is 33.7 Å². The summed E-state index contributed by atoms with van der Waals surface area (Å²) in [6.45, 7) is 10.6. The fourth-order valence-electron chi connectivity index (χ4n) is 5.57. The molecule has 1 atom stereocenters. The van der Waals surface area contributed by atoms with E-state index >= 15 is 0 Å². The average molecular weight is 838 g/mol. The maximum absolute atomic E-state index is 13.9. The number of esters is 1. The molecular weight excluding hydrogens is 795 g/mol. The van der Waals surface area contributed by atoms with Crippen LogP contribution in [-0.2, 0) is 19.6 Å². The van der Waals surface area contributed by atoms with Gasteiger partial charge in [0.15, 0.2) is 28.8 Å². The summed E-state index contributed by atoms with van der Waals surface area (Å²) in [5, 5.41) is 14.7. The van der Waals surface area contributed by atoms with Crippen molar-refractivity contribution in [3.8, 4) is 29.1 Å². The average Bonchev–Trinajstić information content (AvgIpc) is 3.23. The van der Waals surface area contributed by atoms with Gasteiger partial charge in [0.05, 0.1) is 48.0 Å². The topological polar surface area (TPSA) is 234 Å². The molecule has 0 heterocycles. The number of ketones is 1. The Morgan fingerprint density at radius 3 is 1.90 bits per heavy atom. The number of carbonyl (C=O) groups excluding carboxylic acids is 4. The third-order valence-electron chi connectivity index (χ3n) is 8.42. The number of hydrogen-bond donors (Lipinski definition) is 4. The van der Waals surface area contributed by atoms with Crippen LogP contribution in [0, 0.1) is 17.2 Å². The molecule has 312 valence electrons. The number of nitrogens with one attached hydrogen (secondary N) is 3. The third-order valence-corrected chi connectivity index (χ3v) is 9.80. The Morgan fingerprint density at radius 2 is 1.32 bits per heavy atom. The second-order valence-corrected chi connectivity index (χ2v) is 14.2. The lowest BCUT2D eigenvalue weighted by Crippen LogP contribution is -2.25. The van der Waals surface area contributed by atoms with Gasteiger partial charge in [-0.05, 0) is 72.8 Å². The summed E-state index contributed by atoms with van der Waals surface area (Å²) in [6.07, 6.45) is 3.80. The van der Waals surface area contributed by atoms with Crippen LogP contribution >= 0.6 is 0 Å². The molecule has 4 aromatic rings. The molecule has 2 amide bonds. The molecule has 0 aliphatic carbocycles. The first-order valence-electron chi connectivity index (χ1n) is 18.0. The molecule has 0 saturated heterocycles. The predicted molar refractivity (Wildman–Crippen MR) is 225 cm³/mol. The van der Waals surface area contributed by atoms with Crippen LogP contribution in [0.25, 0.3) is 0 Å². The first-order valence-corrected chi connectivity index (χ1v) is 19.5. The highest BCUT2D eigenvalue weighted by Gasteiger charge is 2.28. The summed E-state index contributed by atoms with van der Waals surface area (Å²) in [4.78, 5) is 52.3. The van der Waals surface area contributed by atoms with Crippen molar-refractivity contribution in [3.63, 3.8) is 0 Å². The van der Waals surface area contributed by atoms with Gasteiger partial charge in [-0.2, -0.15) is 5.26 Å². The molecule has 4 aromatic carbocycles. The molecule has 0 spiro atoms. The Balaban J connectivity index is 1.58. The fourth-order valence-corrected chi connectivity index (χ4v) is 6.63.